The zero-order chi connectivity index (χ0) is 11.5. The molecule has 0 spiro atoms. The van der Waals surface area contributed by atoms with Gasteiger partial charge in [0.25, 0.3) is 0 Å². The predicted octanol–water partition coefficient (Wildman–Crippen LogP) is 0.993. The third-order valence-electron chi connectivity index (χ3n) is 3.47. The minimum absolute atomic E-state index is 0.205. The quantitative estimate of drug-likeness (QED) is 0.831. The Bertz CT molecular complexity index is 348. The van der Waals surface area contributed by atoms with Gasteiger partial charge in [-0.25, -0.2) is 0 Å². The lowest BCUT2D eigenvalue weighted by molar-refractivity contribution is 0.200. The molecule has 1 atom stereocenters. The molecule has 1 aliphatic rings. The van der Waals surface area contributed by atoms with Gasteiger partial charge < -0.3 is 10.0 Å². The maximum atomic E-state index is 8.96. The fourth-order valence-corrected chi connectivity index (χ4v) is 2.53. The van der Waals surface area contributed by atoms with E-state index in [0.717, 1.165) is 6.54 Å². The number of hydrogen-bond acceptors (Lipinski definition) is 3. The lowest BCUT2D eigenvalue weighted by atomic mass is 10.1. The van der Waals surface area contributed by atoms with E-state index in [1.165, 1.54) is 30.6 Å². The third kappa shape index (κ3) is 2.28. The minimum Gasteiger partial charge on any atom is -0.396 e. The molecule has 0 radical (unpaired) electrons. The van der Waals surface area contributed by atoms with Crippen LogP contribution in [0, 0.1) is 6.92 Å². The second-order valence-electron chi connectivity index (χ2n) is 4.73. The highest BCUT2D eigenvalue weighted by Gasteiger charge is 2.21. The average Bonchev–Trinajstić information content (AvgIpc) is 2.61. The Balaban J connectivity index is 2.13. The summed E-state index contributed by atoms with van der Waals surface area (Å²) in [6.45, 7) is 4.59. The van der Waals surface area contributed by atoms with Crippen molar-refractivity contribution in [2.24, 2.45) is 0 Å². The molecule has 0 aromatic carbocycles. The Morgan fingerprint density at radius 2 is 2.38 bits per heavy atom. The molecule has 0 bridgehead atoms. The van der Waals surface area contributed by atoms with Crippen LogP contribution in [-0.2, 0) is 6.42 Å². The van der Waals surface area contributed by atoms with Gasteiger partial charge in [-0.1, -0.05) is 0 Å². The van der Waals surface area contributed by atoms with Gasteiger partial charge in [-0.05, 0) is 45.3 Å². The predicted molar refractivity (Wildman–Crippen MR) is 63.5 cm³/mol. The highest BCUT2D eigenvalue weighted by Crippen LogP contribution is 2.22. The van der Waals surface area contributed by atoms with Crippen LogP contribution < -0.4 is 0 Å². The fraction of sp³-hybridized carbons (Fsp3) is 0.750. The Labute approximate surface area is 96.9 Å². The van der Waals surface area contributed by atoms with E-state index in [9.17, 15) is 0 Å². The molecule has 1 unspecified atom stereocenters. The van der Waals surface area contributed by atoms with Crippen LogP contribution in [0.2, 0.25) is 0 Å². The van der Waals surface area contributed by atoms with E-state index < -0.39 is 0 Å². The second-order valence-corrected chi connectivity index (χ2v) is 4.73. The van der Waals surface area contributed by atoms with E-state index >= 15 is 0 Å². The van der Waals surface area contributed by atoms with Gasteiger partial charge in [0.15, 0.2) is 0 Å². The van der Waals surface area contributed by atoms with Gasteiger partial charge in [0.2, 0.25) is 0 Å². The average molecular weight is 223 g/mol. The normalized spacial score (nSPS) is 22.6. The SMILES string of the molecule is Cc1c(CCO)cnn1C1CCCN(C)C1. The monoisotopic (exact) mass is 223 g/mol. The van der Waals surface area contributed by atoms with Crippen molar-refractivity contribution >= 4 is 0 Å². The number of nitrogens with zero attached hydrogens (tertiary/aromatic N) is 3. The Kier molecular flexibility index (Phi) is 3.61. The smallest absolute Gasteiger partial charge is 0.0649 e. The first-order valence-corrected chi connectivity index (χ1v) is 6.04. The first-order valence-electron chi connectivity index (χ1n) is 6.04. The van der Waals surface area contributed by atoms with Crippen LogP contribution in [0.4, 0.5) is 0 Å². The molecule has 2 rings (SSSR count). The molecule has 4 heteroatoms. The summed E-state index contributed by atoms with van der Waals surface area (Å²) in [5, 5.41) is 13.4. The van der Waals surface area contributed by atoms with Gasteiger partial charge >= 0.3 is 0 Å². The summed E-state index contributed by atoms with van der Waals surface area (Å²) in [6, 6.07) is 0.506. The molecule has 0 aliphatic carbocycles. The van der Waals surface area contributed by atoms with Crippen LogP contribution in [0.15, 0.2) is 6.20 Å². The molecule has 0 saturated carbocycles. The van der Waals surface area contributed by atoms with Crippen molar-refractivity contribution in [3.63, 3.8) is 0 Å². The zero-order valence-corrected chi connectivity index (χ0v) is 10.2. The molecule has 16 heavy (non-hydrogen) atoms. The number of likely N-dealkylation sites (N-methyl/N-ethyl adjacent to an activating group) is 1. The first kappa shape index (κ1) is 11.6. The van der Waals surface area contributed by atoms with Gasteiger partial charge in [-0.2, -0.15) is 5.10 Å². The molecular weight excluding hydrogens is 202 g/mol. The maximum Gasteiger partial charge on any atom is 0.0649 e. The van der Waals surface area contributed by atoms with Crippen molar-refractivity contribution in [2.45, 2.75) is 32.2 Å². The van der Waals surface area contributed by atoms with Crippen LogP contribution in [0.25, 0.3) is 0 Å². The van der Waals surface area contributed by atoms with E-state index in [4.69, 9.17) is 5.11 Å². The summed E-state index contributed by atoms with van der Waals surface area (Å²) in [4.78, 5) is 2.36. The summed E-state index contributed by atoms with van der Waals surface area (Å²) in [5.74, 6) is 0. The van der Waals surface area contributed by atoms with E-state index in [1.54, 1.807) is 0 Å². The maximum absolute atomic E-state index is 8.96. The number of hydrogen-bond donors (Lipinski definition) is 1. The Hall–Kier alpha value is -0.870. The van der Waals surface area contributed by atoms with Crippen LogP contribution in [0.5, 0.6) is 0 Å². The van der Waals surface area contributed by atoms with E-state index in [-0.39, 0.29) is 6.61 Å². The van der Waals surface area contributed by atoms with Crippen LogP contribution in [0.1, 0.15) is 30.1 Å². The molecule has 1 aliphatic heterocycles. The Morgan fingerprint density at radius 3 is 3.06 bits per heavy atom. The van der Waals surface area contributed by atoms with Crippen molar-refractivity contribution in [2.75, 3.05) is 26.7 Å². The molecule has 2 heterocycles. The largest absolute Gasteiger partial charge is 0.396 e. The van der Waals surface area contributed by atoms with E-state index in [1.807, 2.05) is 6.20 Å². The molecule has 1 saturated heterocycles. The van der Waals surface area contributed by atoms with Gasteiger partial charge in [0.1, 0.15) is 0 Å². The first-order chi connectivity index (χ1) is 7.72. The fourth-order valence-electron chi connectivity index (χ4n) is 2.53. The van der Waals surface area contributed by atoms with Crippen molar-refractivity contribution in [3.8, 4) is 0 Å². The van der Waals surface area contributed by atoms with Crippen molar-refractivity contribution in [3.05, 3.63) is 17.5 Å². The highest BCUT2D eigenvalue weighted by atomic mass is 16.2. The summed E-state index contributed by atoms with van der Waals surface area (Å²) in [6.07, 6.45) is 5.08. The molecule has 1 fully saturated rings. The lowest BCUT2D eigenvalue weighted by Gasteiger charge is -2.30. The molecule has 1 aromatic heterocycles. The van der Waals surface area contributed by atoms with Gasteiger partial charge in [-0.3, -0.25) is 4.68 Å². The summed E-state index contributed by atoms with van der Waals surface area (Å²) in [5.41, 5.74) is 2.39. The standard InChI is InChI=1S/C12H21N3O/c1-10-11(5-7-16)8-13-15(10)12-4-3-6-14(2)9-12/h8,12,16H,3-7,9H2,1-2H3. The zero-order valence-electron chi connectivity index (χ0n) is 10.2. The number of aromatic nitrogens is 2. The van der Waals surface area contributed by atoms with Gasteiger partial charge in [0.05, 0.1) is 12.2 Å². The summed E-state index contributed by atoms with van der Waals surface area (Å²) < 4.78 is 2.14. The number of likely N-dealkylation sites (tertiary alicyclic amines) is 1. The molecule has 1 N–H and O–H groups in total. The number of piperidine rings is 1. The second kappa shape index (κ2) is 4.97. The van der Waals surface area contributed by atoms with Crippen LogP contribution in [0.3, 0.4) is 0 Å². The van der Waals surface area contributed by atoms with E-state index in [2.05, 4.69) is 28.7 Å². The lowest BCUT2D eigenvalue weighted by Crippen LogP contribution is -2.34. The van der Waals surface area contributed by atoms with Crippen molar-refractivity contribution in [1.29, 1.82) is 0 Å². The Morgan fingerprint density at radius 1 is 1.56 bits per heavy atom. The number of aliphatic hydroxyl groups excluding tert-OH is 1. The van der Waals surface area contributed by atoms with Crippen LogP contribution >= 0.6 is 0 Å². The third-order valence-corrected chi connectivity index (χ3v) is 3.47. The van der Waals surface area contributed by atoms with E-state index in [0.29, 0.717) is 12.5 Å². The van der Waals surface area contributed by atoms with Crippen LogP contribution in [-0.4, -0.2) is 46.5 Å². The molecule has 90 valence electrons. The molecule has 4 nitrogen and oxygen atoms in total. The number of aliphatic hydroxyl groups is 1. The molecule has 1 aromatic rings. The summed E-state index contributed by atoms with van der Waals surface area (Å²) >= 11 is 0. The van der Waals surface area contributed by atoms with Crippen molar-refractivity contribution < 1.29 is 5.11 Å². The molecule has 0 amide bonds. The highest BCUT2D eigenvalue weighted by molar-refractivity contribution is 5.17. The van der Waals surface area contributed by atoms with Gasteiger partial charge in [-0.15, -0.1) is 0 Å². The summed E-state index contributed by atoms with van der Waals surface area (Å²) in [7, 11) is 2.17. The number of rotatable bonds is 3. The molecular formula is C12H21N3O. The van der Waals surface area contributed by atoms with Crippen molar-refractivity contribution in [1.82, 2.24) is 14.7 Å². The minimum atomic E-state index is 0.205. The van der Waals surface area contributed by atoms with Gasteiger partial charge in [0, 0.05) is 18.8 Å². The topological polar surface area (TPSA) is 41.3 Å².